The summed E-state index contributed by atoms with van der Waals surface area (Å²) in [7, 11) is 0. The van der Waals surface area contributed by atoms with Crippen LogP contribution in [0.2, 0.25) is 0 Å². The fraction of sp³-hybridized carbons (Fsp3) is 0.107. The summed E-state index contributed by atoms with van der Waals surface area (Å²) < 4.78 is 30.3. The summed E-state index contributed by atoms with van der Waals surface area (Å²) in [6.07, 6.45) is 0. The molecule has 0 radical (unpaired) electrons. The Hall–Kier alpha value is -5.10. The number of nitrogens with two attached hydrogens (primary N) is 1. The molecule has 0 bridgehead atoms. The molecule has 3 N–H and O–H groups in total. The minimum Gasteiger partial charge on any atom is -0.490 e. The van der Waals surface area contributed by atoms with Gasteiger partial charge in [0, 0.05) is 0 Å². The third kappa shape index (κ3) is 4.48. The molecule has 0 saturated heterocycles. The van der Waals surface area contributed by atoms with E-state index in [1.807, 2.05) is 30.3 Å². The molecule has 2 heterocycles. The molecule has 8 nitrogen and oxygen atoms in total. The van der Waals surface area contributed by atoms with E-state index in [2.05, 4.69) is 16.3 Å². The number of nitriles is 1. The summed E-state index contributed by atoms with van der Waals surface area (Å²) in [6.45, 7) is 2.10. The van der Waals surface area contributed by atoms with Crippen LogP contribution in [0.1, 0.15) is 34.3 Å². The lowest BCUT2D eigenvalue weighted by Gasteiger charge is -2.25. The fourth-order valence-corrected chi connectivity index (χ4v) is 4.20. The third-order valence-electron chi connectivity index (χ3n) is 5.88. The van der Waals surface area contributed by atoms with Crippen molar-refractivity contribution in [2.75, 3.05) is 6.61 Å². The minimum absolute atomic E-state index is 0.0455. The number of nitrogens with one attached hydrogen (secondary N) is 1. The van der Waals surface area contributed by atoms with Gasteiger partial charge in [-0.25, -0.2) is 9.18 Å². The average Bonchev–Trinajstić information content (AvgIpc) is 3.33. The van der Waals surface area contributed by atoms with Gasteiger partial charge in [-0.15, -0.1) is 5.10 Å². The van der Waals surface area contributed by atoms with Crippen LogP contribution in [-0.2, 0) is 0 Å². The lowest BCUT2D eigenvalue weighted by molar-refractivity contribution is 0.0728. The van der Waals surface area contributed by atoms with Crippen molar-refractivity contribution in [2.45, 2.75) is 12.8 Å². The van der Waals surface area contributed by atoms with Crippen molar-refractivity contribution < 1.29 is 23.4 Å². The molecule has 0 fully saturated rings. The van der Waals surface area contributed by atoms with Crippen LogP contribution in [0, 0.1) is 17.1 Å². The molecule has 1 atom stereocenters. The van der Waals surface area contributed by atoms with Gasteiger partial charge in [-0.2, -0.15) is 5.26 Å². The molecule has 9 heteroatoms. The third-order valence-corrected chi connectivity index (χ3v) is 5.88. The second-order valence-corrected chi connectivity index (χ2v) is 8.14. The Morgan fingerprint density at radius 3 is 2.59 bits per heavy atom. The summed E-state index contributed by atoms with van der Waals surface area (Å²) >= 11 is 0. The molecule has 1 aliphatic rings. The molecule has 4 aromatic rings. The summed E-state index contributed by atoms with van der Waals surface area (Å²) in [6, 6.07) is 21.8. The Bertz CT molecular complexity index is 1540. The number of nitrogens with zero attached hydrogens (tertiary/aromatic N) is 2. The predicted molar refractivity (Wildman–Crippen MR) is 132 cm³/mol. The summed E-state index contributed by atoms with van der Waals surface area (Å²) in [5.74, 6) is -1.04. The van der Waals surface area contributed by atoms with Crippen LogP contribution < -0.4 is 19.9 Å². The standard InChI is InChI=1S/C28H21FN4O4/c1-2-35-22-14-18(10-13-21(22)36-28(34)17-8-11-19(29)12-9-17)23-20(15-30)26(31)37-27-24(23)25(32-33-27)16-6-4-3-5-7-16/h3-14,23H,2,31H2,1H3,(H,32,33)/t23-/m1/s1. The number of aromatic amines is 1. The molecular weight excluding hydrogens is 475 g/mol. The van der Waals surface area contributed by atoms with E-state index in [4.69, 9.17) is 19.9 Å². The molecule has 1 aliphatic heterocycles. The van der Waals surface area contributed by atoms with Crippen molar-refractivity contribution in [1.82, 2.24) is 10.2 Å². The van der Waals surface area contributed by atoms with Crippen LogP contribution in [-0.4, -0.2) is 22.8 Å². The zero-order valence-electron chi connectivity index (χ0n) is 19.7. The van der Waals surface area contributed by atoms with E-state index in [1.165, 1.54) is 24.3 Å². The van der Waals surface area contributed by atoms with Crippen LogP contribution >= 0.6 is 0 Å². The van der Waals surface area contributed by atoms with Gasteiger partial charge < -0.3 is 19.9 Å². The Labute approximate surface area is 211 Å². The number of hydrogen-bond acceptors (Lipinski definition) is 7. The van der Waals surface area contributed by atoms with E-state index in [1.54, 1.807) is 25.1 Å². The van der Waals surface area contributed by atoms with Crippen molar-refractivity contribution in [2.24, 2.45) is 5.73 Å². The van der Waals surface area contributed by atoms with Gasteiger partial charge in [0.1, 0.15) is 17.5 Å². The van der Waals surface area contributed by atoms with E-state index in [0.29, 0.717) is 29.2 Å². The average molecular weight is 496 g/mol. The number of rotatable bonds is 6. The van der Waals surface area contributed by atoms with Crippen molar-refractivity contribution in [1.29, 1.82) is 5.26 Å². The molecule has 0 unspecified atom stereocenters. The number of carbonyl (C=O) groups is 1. The number of aromatic nitrogens is 2. The highest BCUT2D eigenvalue weighted by molar-refractivity contribution is 5.91. The molecule has 184 valence electrons. The first-order valence-corrected chi connectivity index (χ1v) is 11.5. The lowest BCUT2D eigenvalue weighted by atomic mass is 9.83. The van der Waals surface area contributed by atoms with E-state index in [0.717, 1.165) is 5.56 Å². The molecule has 0 aliphatic carbocycles. The number of fused-ring (bicyclic) bond motifs is 1. The van der Waals surface area contributed by atoms with Crippen molar-refractivity contribution in [3.63, 3.8) is 0 Å². The largest absolute Gasteiger partial charge is 0.490 e. The van der Waals surface area contributed by atoms with E-state index >= 15 is 0 Å². The smallest absolute Gasteiger partial charge is 0.343 e. The highest BCUT2D eigenvalue weighted by Gasteiger charge is 2.36. The minimum atomic E-state index is -0.662. The Morgan fingerprint density at radius 1 is 1.14 bits per heavy atom. The number of benzene rings is 3. The van der Waals surface area contributed by atoms with E-state index < -0.39 is 17.7 Å². The van der Waals surface area contributed by atoms with Gasteiger partial charge in [0.25, 0.3) is 0 Å². The molecule has 37 heavy (non-hydrogen) atoms. The molecule has 1 aromatic heterocycles. The van der Waals surface area contributed by atoms with Gasteiger partial charge in [0.15, 0.2) is 11.5 Å². The zero-order chi connectivity index (χ0) is 25.9. The maximum absolute atomic E-state index is 13.2. The highest BCUT2D eigenvalue weighted by Crippen LogP contribution is 2.47. The molecule has 0 spiro atoms. The lowest BCUT2D eigenvalue weighted by Crippen LogP contribution is -2.21. The van der Waals surface area contributed by atoms with Gasteiger partial charge in [-0.1, -0.05) is 36.4 Å². The first-order chi connectivity index (χ1) is 18.0. The number of ether oxygens (including phenoxy) is 3. The van der Waals surface area contributed by atoms with Gasteiger partial charge in [-0.3, -0.25) is 5.10 Å². The maximum atomic E-state index is 13.2. The predicted octanol–water partition coefficient (Wildman–Crippen LogP) is 5.05. The van der Waals surface area contributed by atoms with Gasteiger partial charge in [-0.05, 0) is 54.4 Å². The highest BCUT2D eigenvalue weighted by atomic mass is 19.1. The molecule has 0 amide bonds. The second kappa shape index (κ2) is 9.87. The topological polar surface area (TPSA) is 123 Å². The first kappa shape index (κ1) is 23.6. The van der Waals surface area contributed by atoms with Crippen LogP contribution in [0.5, 0.6) is 17.4 Å². The number of hydrogen-bond donors (Lipinski definition) is 2. The summed E-state index contributed by atoms with van der Waals surface area (Å²) in [5.41, 5.74) is 9.36. The van der Waals surface area contributed by atoms with Crippen molar-refractivity contribution in [3.8, 4) is 34.7 Å². The number of carbonyl (C=O) groups excluding carboxylic acids is 1. The van der Waals surface area contributed by atoms with Crippen LogP contribution in [0.25, 0.3) is 11.3 Å². The molecular formula is C28H21FN4O4. The quantitative estimate of drug-likeness (QED) is 0.283. The van der Waals surface area contributed by atoms with Gasteiger partial charge in [0.05, 0.1) is 29.3 Å². The normalized spacial score (nSPS) is 14.4. The van der Waals surface area contributed by atoms with Crippen molar-refractivity contribution in [3.05, 3.63) is 107 Å². The molecule has 0 saturated carbocycles. The summed E-state index contributed by atoms with van der Waals surface area (Å²) in [4.78, 5) is 12.6. The molecule has 3 aromatic carbocycles. The Kier molecular flexibility index (Phi) is 6.31. The number of allylic oxidation sites excluding steroid dienone is 1. The van der Waals surface area contributed by atoms with Crippen LogP contribution in [0.15, 0.2) is 84.3 Å². The van der Waals surface area contributed by atoms with Crippen LogP contribution in [0.4, 0.5) is 4.39 Å². The van der Waals surface area contributed by atoms with Gasteiger partial charge in [0.2, 0.25) is 11.8 Å². The second-order valence-electron chi connectivity index (χ2n) is 8.14. The van der Waals surface area contributed by atoms with E-state index in [-0.39, 0.29) is 28.6 Å². The first-order valence-electron chi connectivity index (χ1n) is 11.5. The SMILES string of the molecule is CCOc1cc([C@@H]2C(C#N)=C(N)Oc3n[nH]c(-c4ccccc4)c32)ccc1OC(=O)c1ccc(F)cc1. The maximum Gasteiger partial charge on any atom is 0.343 e. The Balaban J connectivity index is 1.58. The zero-order valence-corrected chi connectivity index (χ0v) is 19.7. The fourth-order valence-electron chi connectivity index (χ4n) is 4.20. The monoisotopic (exact) mass is 496 g/mol. The van der Waals surface area contributed by atoms with Crippen LogP contribution in [0.3, 0.4) is 0 Å². The Morgan fingerprint density at radius 2 is 1.89 bits per heavy atom. The number of esters is 1. The summed E-state index contributed by atoms with van der Waals surface area (Å²) in [5, 5.41) is 17.3. The number of H-pyrrole nitrogens is 1. The molecule has 5 rings (SSSR count). The van der Waals surface area contributed by atoms with E-state index in [9.17, 15) is 14.4 Å². The van der Waals surface area contributed by atoms with Gasteiger partial charge >= 0.3 is 5.97 Å². The number of halogens is 1. The van der Waals surface area contributed by atoms with Crippen molar-refractivity contribution >= 4 is 5.97 Å².